The third-order valence-corrected chi connectivity index (χ3v) is 4.69. The van der Waals surface area contributed by atoms with Crippen LogP contribution in [-0.2, 0) is 0 Å². The van der Waals surface area contributed by atoms with Crippen LogP contribution in [0.3, 0.4) is 0 Å². The average molecular weight is 273 g/mol. The highest BCUT2D eigenvalue weighted by molar-refractivity contribution is 5.19. The van der Waals surface area contributed by atoms with Crippen LogP contribution in [0, 0.1) is 5.92 Å². The molecule has 2 aliphatic rings. The monoisotopic (exact) mass is 273 g/mol. The van der Waals surface area contributed by atoms with E-state index in [1.165, 1.54) is 51.1 Å². The first-order valence-electron chi connectivity index (χ1n) is 8.08. The number of benzene rings is 1. The SMILES string of the molecule is NCCC(c1ccccc1)N1CCN(CC2CC2)CC1. The summed E-state index contributed by atoms with van der Waals surface area (Å²) in [4.78, 5) is 5.28. The second-order valence-corrected chi connectivity index (χ2v) is 6.28. The van der Waals surface area contributed by atoms with E-state index in [4.69, 9.17) is 5.73 Å². The van der Waals surface area contributed by atoms with Crippen LogP contribution in [0.15, 0.2) is 30.3 Å². The van der Waals surface area contributed by atoms with Crippen LogP contribution < -0.4 is 5.73 Å². The smallest absolute Gasteiger partial charge is 0.0361 e. The van der Waals surface area contributed by atoms with Gasteiger partial charge in [-0.2, -0.15) is 0 Å². The van der Waals surface area contributed by atoms with Gasteiger partial charge in [-0.25, -0.2) is 0 Å². The van der Waals surface area contributed by atoms with Crippen molar-refractivity contribution in [3.8, 4) is 0 Å². The van der Waals surface area contributed by atoms with Gasteiger partial charge in [-0.05, 0) is 37.3 Å². The van der Waals surface area contributed by atoms with Crippen molar-refractivity contribution in [3.05, 3.63) is 35.9 Å². The maximum atomic E-state index is 5.84. The molecule has 1 unspecified atom stereocenters. The van der Waals surface area contributed by atoms with Gasteiger partial charge in [0.2, 0.25) is 0 Å². The van der Waals surface area contributed by atoms with Gasteiger partial charge in [0.15, 0.2) is 0 Å². The fourth-order valence-corrected chi connectivity index (χ4v) is 3.32. The van der Waals surface area contributed by atoms with Crippen LogP contribution >= 0.6 is 0 Å². The summed E-state index contributed by atoms with van der Waals surface area (Å²) in [5.74, 6) is 1.01. The maximum absolute atomic E-state index is 5.84. The first-order valence-corrected chi connectivity index (χ1v) is 8.08. The van der Waals surface area contributed by atoms with Crippen molar-refractivity contribution in [2.24, 2.45) is 11.7 Å². The fourth-order valence-electron chi connectivity index (χ4n) is 3.32. The van der Waals surface area contributed by atoms with Gasteiger partial charge >= 0.3 is 0 Å². The predicted octanol–water partition coefficient (Wildman–Crippen LogP) is 2.10. The Kier molecular flexibility index (Phi) is 4.71. The zero-order valence-electron chi connectivity index (χ0n) is 12.4. The lowest BCUT2D eigenvalue weighted by atomic mass is 10.0. The van der Waals surface area contributed by atoms with Crippen molar-refractivity contribution in [1.82, 2.24) is 9.80 Å². The van der Waals surface area contributed by atoms with Crippen LogP contribution in [0.5, 0.6) is 0 Å². The van der Waals surface area contributed by atoms with Crippen LogP contribution in [-0.4, -0.2) is 49.1 Å². The second kappa shape index (κ2) is 6.70. The average Bonchev–Trinajstić information content (AvgIpc) is 3.31. The number of nitrogens with zero attached hydrogens (tertiary/aromatic N) is 2. The molecular formula is C17H27N3. The molecule has 0 spiro atoms. The number of rotatable bonds is 6. The largest absolute Gasteiger partial charge is 0.330 e. The molecule has 1 aromatic carbocycles. The Balaban J connectivity index is 1.58. The van der Waals surface area contributed by atoms with E-state index in [1.807, 2.05) is 0 Å². The molecule has 3 nitrogen and oxygen atoms in total. The van der Waals surface area contributed by atoms with E-state index < -0.39 is 0 Å². The van der Waals surface area contributed by atoms with Gasteiger partial charge in [-0.15, -0.1) is 0 Å². The molecule has 1 heterocycles. The standard InChI is InChI=1S/C17H27N3/c18-9-8-17(16-4-2-1-3-5-16)20-12-10-19(11-13-20)14-15-6-7-15/h1-5,15,17H,6-14,18H2. The third kappa shape index (κ3) is 3.60. The number of piperazine rings is 1. The van der Waals surface area contributed by atoms with Crippen molar-refractivity contribution >= 4 is 0 Å². The molecule has 20 heavy (non-hydrogen) atoms. The molecular weight excluding hydrogens is 246 g/mol. The molecule has 1 saturated carbocycles. The van der Waals surface area contributed by atoms with Crippen LogP contribution in [0.4, 0.5) is 0 Å². The molecule has 110 valence electrons. The van der Waals surface area contributed by atoms with E-state index in [9.17, 15) is 0 Å². The van der Waals surface area contributed by atoms with Gasteiger partial charge in [0.05, 0.1) is 0 Å². The molecule has 1 aliphatic carbocycles. The summed E-state index contributed by atoms with van der Waals surface area (Å²) < 4.78 is 0. The number of hydrogen-bond donors (Lipinski definition) is 1. The van der Waals surface area contributed by atoms with Crippen molar-refractivity contribution in [2.75, 3.05) is 39.3 Å². The van der Waals surface area contributed by atoms with E-state index in [-0.39, 0.29) is 0 Å². The van der Waals surface area contributed by atoms with Crippen molar-refractivity contribution in [2.45, 2.75) is 25.3 Å². The quantitative estimate of drug-likeness (QED) is 0.861. The Morgan fingerprint density at radius 3 is 2.35 bits per heavy atom. The first kappa shape index (κ1) is 14.1. The zero-order chi connectivity index (χ0) is 13.8. The molecule has 0 amide bonds. The number of hydrogen-bond acceptors (Lipinski definition) is 3. The van der Waals surface area contributed by atoms with Gasteiger partial charge < -0.3 is 10.6 Å². The molecule has 1 aromatic rings. The third-order valence-electron chi connectivity index (χ3n) is 4.69. The maximum Gasteiger partial charge on any atom is 0.0361 e. The van der Waals surface area contributed by atoms with E-state index in [1.54, 1.807) is 0 Å². The van der Waals surface area contributed by atoms with Crippen LogP contribution in [0.1, 0.15) is 30.9 Å². The summed E-state index contributed by atoms with van der Waals surface area (Å²) >= 11 is 0. The topological polar surface area (TPSA) is 32.5 Å². The Hall–Kier alpha value is -0.900. The van der Waals surface area contributed by atoms with Gasteiger partial charge in [0.1, 0.15) is 0 Å². The molecule has 2 fully saturated rings. The highest BCUT2D eigenvalue weighted by atomic mass is 15.3. The first-order chi connectivity index (χ1) is 9.86. The molecule has 1 atom stereocenters. The summed E-state index contributed by atoms with van der Waals surface area (Å²) in [5, 5.41) is 0. The summed E-state index contributed by atoms with van der Waals surface area (Å²) in [5.41, 5.74) is 7.26. The lowest BCUT2D eigenvalue weighted by Gasteiger charge is -2.39. The van der Waals surface area contributed by atoms with E-state index in [0.29, 0.717) is 6.04 Å². The molecule has 0 bridgehead atoms. The highest BCUT2D eigenvalue weighted by Gasteiger charge is 2.28. The number of nitrogens with two attached hydrogens (primary N) is 1. The molecule has 2 N–H and O–H groups in total. The minimum atomic E-state index is 0.504. The Bertz CT molecular complexity index is 394. The normalized spacial score (nSPS) is 22.9. The Labute approximate surface area is 122 Å². The van der Waals surface area contributed by atoms with E-state index >= 15 is 0 Å². The van der Waals surface area contributed by atoms with Crippen molar-refractivity contribution in [3.63, 3.8) is 0 Å². The van der Waals surface area contributed by atoms with Crippen molar-refractivity contribution in [1.29, 1.82) is 0 Å². The van der Waals surface area contributed by atoms with Crippen LogP contribution in [0.25, 0.3) is 0 Å². The second-order valence-electron chi connectivity index (χ2n) is 6.28. The minimum absolute atomic E-state index is 0.504. The summed E-state index contributed by atoms with van der Waals surface area (Å²) in [6.07, 6.45) is 3.98. The van der Waals surface area contributed by atoms with Gasteiger partial charge in [-0.3, -0.25) is 4.90 Å². The summed E-state index contributed by atoms with van der Waals surface area (Å²) in [6, 6.07) is 11.4. The van der Waals surface area contributed by atoms with Crippen molar-refractivity contribution < 1.29 is 0 Å². The van der Waals surface area contributed by atoms with E-state index in [0.717, 1.165) is 18.9 Å². The summed E-state index contributed by atoms with van der Waals surface area (Å²) in [6.45, 7) is 6.93. The predicted molar refractivity (Wildman–Crippen MR) is 83.6 cm³/mol. The highest BCUT2D eigenvalue weighted by Crippen LogP contribution is 2.31. The van der Waals surface area contributed by atoms with Gasteiger partial charge in [-0.1, -0.05) is 30.3 Å². The molecule has 0 radical (unpaired) electrons. The lowest BCUT2D eigenvalue weighted by Crippen LogP contribution is -2.48. The molecule has 3 heteroatoms. The fraction of sp³-hybridized carbons (Fsp3) is 0.647. The molecule has 3 rings (SSSR count). The van der Waals surface area contributed by atoms with Gasteiger partial charge in [0.25, 0.3) is 0 Å². The Morgan fingerprint density at radius 2 is 1.75 bits per heavy atom. The van der Waals surface area contributed by atoms with E-state index in [2.05, 4.69) is 40.1 Å². The molecule has 1 saturated heterocycles. The van der Waals surface area contributed by atoms with Crippen LogP contribution in [0.2, 0.25) is 0 Å². The summed E-state index contributed by atoms with van der Waals surface area (Å²) in [7, 11) is 0. The molecule has 1 aliphatic heterocycles. The van der Waals surface area contributed by atoms with Gasteiger partial charge in [0, 0.05) is 38.8 Å². The Morgan fingerprint density at radius 1 is 1.05 bits per heavy atom. The lowest BCUT2D eigenvalue weighted by molar-refractivity contribution is 0.0900. The zero-order valence-corrected chi connectivity index (χ0v) is 12.4. The minimum Gasteiger partial charge on any atom is -0.330 e. The molecule has 0 aromatic heterocycles.